The molecule has 0 fully saturated rings. The van der Waals surface area contributed by atoms with Crippen LogP contribution in [-0.2, 0) is 6.42 Å². The van der Waals surface area contributed by atoms with Crippen molar-refractivity contribution in [2.45, 2.75) is 13.3 Å². The summed E-state index contributed by atoms with van der Waals surface area (Å²) in [5.41, 5.74) is 2.06. The number of nitrogens with zero attached hydrogens (tertiary/aromatic N) is 2. The normalized spacial score (nSPS) is 11.0. The van der Waals surface area contributed by atoms with Crippen LogP contribution in [0.4, 0.5) is 4.39 Å². The first kappa shape index (κ1) is 13.3. The number of pyridine rings is 1. The summed E-state index contributed by atoms with van der Waals surface area (Å²) in [5, 5.41) is 9.42. The van der Waals surface area contributed by atoms with Gasteiger partial charge in [0, 0.05) is 11.8 Å². The van der Waals surface area contributed by atoms with Gasteiger partial charge in [-0.2, -0.15) is 0 Å². The molecule has 5 heteroatoms. The number of aromatic nitrogens is 2. The summed E-state index contributed by atoms with van der Waals surface area (Å²) in [7, 11) is 0. The zero-order valence-corrected chi connectivity index (χ0v) is 11.4. The van der Waals surface area contributed by atoms with Crippen molar-refractivity contribution in [1.29, 1.82) is 0 Å². The lowest BCUT2D eigenvalue weighted by Gasteiger charge is -2.02. The number of aromatic carboxylic acids is 1. The fourth-order valence-electron chi connectivity index (χ4n) is 2.34. The summed E-state index contributed by atoms with van der Waals surface area (Å²) in [6, 6.07) is 10.2. The first-order chi connectivity index (χ1) is 10.1. The molecule has 1 N–H and O–H groups in total. The van der Waals surface area contributed by atoms with Crippen molar-refractivity contribution in [3.63, 3.8) is 0 Å². The molecule has 0 aliphatic rings. The molecule has 0 spiro atoms. The van der Waals surface area contributed by atoms with Crippen LogP contribution in [0.15, 0.2) is 42.6 Å². The van der Waals surface area contributed by atoms with Gasteiger partial charge < -0.3 is 5.11 Å². The minimum atomic E-state index is -1.14. The van der Waals surface area contributed by atoms with E-state index in [0.29, 0.717) is 5.56 Å². The summed E-state index contributed by atoms with van der Waals surface area (Å²) < 4.78 is 15.1. The number of halogens is 1. The summed E-state index contributed by atoms with van der Waals surface area (Å²) in [6.07, 6.45) is 2.39. The van der Waals surface area contributed by atoms with Crippen LogP contribution in [-0.4, -0.2) is 20.5 Å². The average molecular weight is 284 g/mol. The molecule has 0 aliphatic carbocycles. The first-order valence-electron chi connectivity index (χ1n) is 6.61. The predicted molar refractivity (Wildman–Crippen MR) is 76.9 cm³/mol. The lowest BCUT2D eigenvalue weighted by molar-refractivity contribution is 0.0690. The number of fused-ring (bicyclic) bond motifs is 1. The van der Waals surface area contributed by atoms with Gasteiger partial charge in [0.05, 0.1) is 0 Å². The van der Waals surface area contributed by atoms with Crippen LogP contribution < -0.4 is 0 Å². The number of benzene rings is 1. The number of hydrogen-bond donors (Lipinski definition) is 1. The van der Waals surface area contributed by atoms with Gasteiger partial charge in [-0.05, 0) is 24.1 Å². The van der Waals surface area contributed by atoms with E-state index in [1.807, 2.05) is 31.2 Å². The number of imidazole rings is 1. The highest BCUT2D eigenvalue weighted by Gasteiger charge is 2.21. The predicted octanol–water partition coefficient (Wildman–Crippen LogP) is 3.40. The van der Waals surface area contributed by atoms with E-state index in [1.165, 1.54) is 22.7 Å². The molecule has 0 atom stereocenters. The Morgan fingerprint density at radius 3 is 2.62 bits per heavy atom. The molecule has 0 bridgehead atoms. The summed E-state index contributed by atoms with van der Waals surface area (Å²) in [5.74, 6) is -1.68. The Bertz CT molecular complexity index is 822. The second-order valence-electron chi connectivity index (χ2n) is 4.71. The number of hydrogen-bond acceptors (Lipinski definition) is 2. The van der Waals surface area contributed by atoms with Gasteiger partial charge in [0.15, 0.2) is 17.2 Å². The highest BCUT2D eigenvalue weighted by atomic mass is 19.1. The number of carboxylic acid groups (broad SMARTS) is 1. The van der Waals surface area contributed by atoms with Crippen molar-refractivity contribution in [1.82, 2.24) is 9.38 Å². The van der Waals surface area contributed by atoms with Crippen molar-refractivity contribution in [3.8, 4) is 11.3 Å². The quantitative estimate of drug-likeness (QED) is 0.802. The minimum absolute atomic E-state index is 0.0180. The van der Waals surface area contributed by atoms with Gasteiger partial charge in [-0.15, -0.1) is 0 Å². The Morgan fingerprint density at radius 2 is 2.00 bits per heavy atom. The molecule has 4 nitrogen and oxygen atoms in total. The Hall–Kier alpha value is -2.69. The van der Waals surface area contributed by atoms with Gasteiger partial charge in [-0.3, -0.25) is 4.40 Å². The molecule has 106 valence electrons. The molecule has 21 heavy (non-hydrogen) atoms. The molecule has 0 unspecified atom stereocenters. The summed E-state index contributed by atoms with van der Waals surface area (Å²) in [4.78, 5) is 15.7. The maximum atomic E-state index is 13.8. The van der Waals surface area contributed by atoms with Crippen LogP contribution in [0, 0.1) is 5.82 Å². The maximum Gasteiger partial charge on any atom is 0.355 e. The number of aryl methyl sites for hydroxylation is 1. The molecule has 2 heterocycles. The second kappa shape index (κ2) is 5.01. The zero-order chi connectivity index (χ0) is 15.0. The van der Waals surface area contributed by atoms with Gasteiger partial charge in [-0.1, -0.05) is 31.2 Å². The van der Waals surface area contributed by atoms with Crippen LogP contribution >= 0.6 is 0 Å². The Labute approximate surface area is 120 Å². The first-order valence-corrected chi connectivity index (χ1v) is 6.61. The van der Waals surface area contributed by atoms with Gasteiger partial charge >= 0.3 is 5.97 Å². The molecule has 0 saturated heterocycles. The van der Waals surface area contributed by atoms with Crippen LogP contribution in [0.2, 0.25) is 0 Å². The third-order valence-electron chi connectivity index (χ3n) is 3.44. The molecule has 0 radical (unpaired) electrons. The van der Waals surface area contributed by atoms with Crippen molar-refractivity contribution in [2.24, 2.45) is 0 Å². The lowest BCUT2D eigenvalue weighted by atomic mass is 10.1. The highest BCUT2D eigenvalue weighted by molar-refractivity contribution is 5.94. The highest BCUT2D eigenvalue weighted by Crippen LogP contribution is 2.26. The molecular formula is C16H13FN2O2. The summed E-state index contributed by atoms with van der Waals surface area (Å²) in [6.45, 7) is 2.04. The fourth-order valence-corrected chi connectivity index (χ4v) is 2.34. The molecule has 2 aromatic heterocycles. The van der Waals surface area contributed by atoms with E-state index in [0.717, 1.165) is 12.0 Å². The third kappa shape index (κ3) is 2.16. The van der Waals surface area contributed by atoms with Crippen LogP contribution in [0.3, 0.4) is 0 Å². The van der Waals surface area contributed by atoms with Gasteiger partial charge in [0.1, 0.15) is 5.69 Å². The maximum absolute atomic E-state index is 13.8. The Balaban J connectivity index is 2.28. The number of carboxylic acids is 1. The van der Waals surface area contributed by atoms with E-state index in [-0.39, 0.29) is 17.0 Å². The van der Waals surface area contributed by atoms with Crippen molar-refractivity contribution >= 4 is 11.6 Å². The topological polar surface area (TPSA) is 54.6 Å². The molecule has 3 rings (SSSR count). The third-order valence-corrected chi connectivity index (χ3v) is 3.44. The van der Waals surface area contributed by atoms with E-state index >= 15 is 0 Å². The van der Waals surface area contributed by atoms with E-state index in [4.69, 9.17) is 0 Å². The van der Waals surface area contributed by atoms with Gasteiger partial charge in [-0.25, -0.2) is 14.2 Å². The smallest absolute Gasteiger partial charge is 0.355 e. The van der Waals surface area contributed by atoms with E-state index in [1.54, 1.807) is 0 Å². The number of carbonyl (C=O) groups is 1. The van der Waals surface area contributed by atoms with Crippen molar-refractivity contribution in [3.05, 3.63) is 59.7 Å². The second-order valence-corrected chi connectivity index (χ2v) is 4.71. The average Bonchev–Trinajstić information content (AvgIpc) is 2.88. The Kier molecular flexibility index (Phi) is 3.17. The number of rotatable bonds is 3. The van der Waals surface area contributed by atoms with Crippen LogP contribution in [0.1, 0.15) is 23.0 Å². The molecular weight excluding hydrogens is 271 g/mol. The molecule has 0 saturated carbocycles. The fraction of sp³-hybridized carbons (Fsp3) is 0.125. The van der Waals surface area contributed by atoms with E-state index < -0.39 is 11.8 Å². The van der Waals surface area contributed by atoms with Gasteiger partial charge in [0.25, 0.3) is 0 Å². The molecule has 0 aliphatic heterocycles. The molecule has 1 aromatic carbocycles. The molecule has 3 aromatic rings. The monoisotopic (exact) mass is 284 g/mol. The van der Waals surface area contributed by atoms with Crippen molar-refractivity contribution < 1.29 is 14.3 Å². The van der Waals surface area contributed by atoms with Crippen LogP contribution in [0.5, 0.6) is 0 Å². The van der Waals surface area contributed by atoms with E-state index in [2.05, 4.69) is 4.98 Å². The van der Waals surface area contributed by atoms with Crippen molar-refractivity contribution in [2.75, 3.05) is 0 Å². The largest absolute Gasteiger partial charge is 0.476 e. The SMILES string of the molecule is CCc1ccc(-c2nc3c(F)cccn3c2C(=O)O)cc1. The Morgan fingerprint density at radius 1 is 1.29 bits per heavy atom. The van der Waals surface area contributed by atoms with E-state index in [9.17, 15) is 14.3 Å². The standard InChI is InChI=1S/C16H13FN2O2/c1-2-10-5-7-11(8-6-10)13-14(16(20)21)19-9-3-4-12(17)15(19)18-13/h3-9H,2H2,1H3,(H,20,21). The van der Waals surface area contributed by atoms with Crippen LogP contribution in [0.25, 0.3) is 16.9 Å². The molecule has 0 amide bonds. The van der Waals surface area contributed by atoms with Gasteiger partial charge in [0.2, 0.25) is 0 Å². The lowest BCUT2D eigenvalue weighted by Crippen LogP contribution is -2.03. The zero-order valence-electron chi connectivity index (χ0n) is 11.4. The summed E-state index contributed by atoms with van der Waals surface area (Å²) >= 11 is 0. The minimum Gasteiger partial charge on any atom is -0.476 e.